The number of rotatable bonds is 5. The molecule has 0 fully saturated rings. The normalized spacial score (nSPS) is 10.6. The van der Waals surface area contributed by atoms with E-state index in [1.54, 1.807) is 17.0 Å². The fourth-order valence-corrected chi connectivity index (χ4v) is 2.00. The first-order valence-corrected chi connectivity index (χ1v) is 6.26. The molecule has 1 rings (SSSR count). The molecular weight excluding hydrogens is 275 g/mol. The zero-order chi connectivity index (χ0) is 13.7. The number of likely N-dealkylation sites (N-methyl/N-ethyl adjacent to an activating group) is 1. The van der Waals surface area contributed by atoms with Gasteiger partial charge in [0.15, 0.2) is 5.75 Å². The number of nitrogens with zero attached hydrogens (tertiary/aromatic N) is 1. The molecule has 0 radical (unpaired) electrons. The molecule has 100 valence electrons. The molecule has 0 saturated carbocycles. The van der Waals surface area contributed by atoms with E-state index in [1.807, 2.05) is 21.0 Å². The number of halogens is 2. The van der Waals surface area contributed by atoms with E-state index >= 15 is 0 Å². The van der Waals surface area contributed by atoms with Gasteiger partial charge in [0.05, 0.1) is 23.2 Å². The van der Waals surface area contributed by atoms with Crippen LogP contribution in [0.3, 0.4) is 0 Å². The fourth-order valence-electron chi connectivity index (χ4n) is 1.40. The van der Waals surface area contributed by atoms with Gasteiger partial charge in [-0.05, 0) is 33.2 Å². The van der Waals surface area contributed by atoms with Gasteiger partial charge >= 0.3 is 0 Å². The summed E-state index contributed by atoms with van der Waals surface area (Å²) < 4.78 is 5.31. The SMILES string of the molecule is CCOc1c(Cl)cc(NC(=O)CN(C)C)cc1Cl. The minimum absolute atomic E-state index is 0.128. The van der Waals surface area contributed by atoms with Crippen molar-refractivity contribution in [2.45, 2.75) is 6.92 Å². The van der Waals surface area contributed by atoms with Crippen molar-refractivity contribution in [2.75, 3.05) is 32.6 Å². The number of ether oxygens (including phenoxy) is 1. The van der Waals surface area contributed by atoms with Crippen LogP contribution < -0.4 is 10.1 Å². The van der Waals surface area contributed by atoms with Gasteiger partial charge in [-0.1, -0.05) is 23.2 Å². The molecule has 1 amide bonds. The first-order valence-electron chi connectivity index (χ1n) is 5.50. The third kappa shape index (κ3) is 4.37. The summed E-state index contributed by atoms with van der Waals surface area (Å²) in [4.78, 5) is 13.4. The highest BCUT2D eigenvalue weighted by atomic mass is 35.5. The standard InChI is InChI=1S/C12H16Cl2N2O2/c1-4-18-12-9(13)5-8(6-10(12)14)15-11(17)7-16(2)3/h5-6H,4,7H2,1-3H3,(H,15,17). The Hall–Kier alpha value is -0.970. The van der Waals surface area contributed by atoms with Crippen molar-refractivity contribution in [1.82, 2.24) is 4.90 Å². The number of carbonyl (C=O) groups is 1. The Labute approximate surface area is 117 Å². The maximum absolute atomic E-state index is 11.6. The number of benzene rings is 1. The van der Waals surface area contributed by atoms with Crippen LogP contribution in [0.4, 0.5) is 5.69 Å². The second-order valence-electron chi connectivity index (χ2n) is 3.99. The Morgan fingerprint density at radius 2 is 1.89 bits per heavy atom. The number of hydrogen-bond acceptors (Lipinski definition) is 3. The zero-order valence-electron chi connectivity index (χ0n) is 10.6. The Bertz CT molecular complexity index is 413. The summed E-state index contributed by atoms with van der Waals surface area (Å²) in [7, 11) is 3.63. The highest BCUT2D eigenvalue weighted by molar-refractivity contribution is 6.37. The van der Waals surface area contributed by atoms with Crippen LogP contribution in [0.5, 0.6) is 5.75 Å². The van der Waals surface area contributed by atoms with Crippen molar-refractivity contribution in [2.24, 2.45) is 0 Å². The van der Waals surface area contributed by atoms with Gasteiger partial charge in [0, 0.05) is 5.69 Å². The zero-order valence-corrected chi connectivity index (χ0v) is 12.1. The van der Waals surface area contributed by atoms with E-state index in [0.717, 1.165) is 0 Å². The van der Waals surface area contributed by atoms with Crippen LogP contribution in [0.2, 0.25) is 10.0 Å². The first kappa shape index (κ1) is 15.1. The Morgan fingerprint density at radius 1 is 1.33 bits per heavy atom. The van der Waals surface area contributed by atoms with E-state index in [2.05, 4.69) is 5.32 Å². The molecule has 0 atom stereocenters. The van der Waals surface area contributed by atoms with Crippen LogP contribution in [-0.4, -0.2) is 38.1 Å². The topological polar surface area (TPSA) is 41.6 Å². The molecule has 0 aliphatic heterocycles. The molecule has 0 unspecified atom stereocenters. The molecule has 18 heavy (non-hydrogen) atoms. The van der Waals surface area contributed by atoms with Crippen molar-refractivity contribution in [3.05, 3.63) is 22.2 Å². The first-order chi connectivity index (χ1) is 8.43. The van der Waals surface area contributed by atoms with E-state index < -0.39 is 0 Å². The molecule has 1 aromatic carbocycles. The molecule has 1 aromatic rings. The molecule has 0 spiro atoms. The lowest BCUT2D eigenvalue weighted by atomic mass is 10.3. The lowest BCUT2D eigenvalue weighted by molar-refractivity contribution is -0.116. The van der Waals surface area contributed by atoms with Crippen LogP contribution >= 0.6 is 23.2 Å². The van der Waals surface area contributed by atoms with Gasteiger partial charge in [0.1, 0.15) is 0 Å². The Kier molecular flexibility index (Phi) is 5.72. The molecule has 0 aliphatic carbocycles. The smallest absolute Gasteiger partial charge is 0.238 e. The third-order valence-corrected chi connectivity index (χ3v) is 2.59. The van der Waals surface area contributed by atoms with Crippen molar-refractivity contribution in [3.63, 3.8) is 0 Å². The summed E-state index contributed by atoms with van der Waals surface area (Å²) in [6, 6.07) is 3.23. The van der Waals surface area contributed by atoms with Crippen LogP contribution in [0.25, 0.3) is 0 Å². The Morgan fingerprint density at radius 3 is 2.33 bits per heavy atom. The van der Waals surface area contributed by atoms with Gasteiger partial charge in [0.25, 0.3) is 0 Å². The highest BCUT2D eigenvalue weighted by Gasteiger charge is 2.11. The summed E-state index contributed by atoms with van der Waals surface area (Å²) in [6.07, 6.45) is 0. The monoisotopic (exact) mass is 290 g/mol. The molecule has 4 nitrogen and oxygen atoms in total. The van der Waals surface area contributed by atoms with Gasteiger partial charge in [-0.3, -0.25) is 4.79 Å². The average molecular weight is 291 g/mol. The largest absolute Gasteiger partial charge is 0.491 e. The number of carbonyl (C=O) groups excluding carboxylic acids is 1. The maximum atomic E-state index is 11.6. The average Bonchev–Trinajstić information content (AvgIpc) is 2.22. The second-order valence-corrected chi connectivity index (χ2v) is 4.80. The van der Waals surface area contributed by atoms with Crippen LogP contribution in [0.1, 0.15) is 6.92 Å². The van der Waals surface area contributed by atoms with Crippen LogP contribution in [0.15, 0.2) is 12.1 Å². The number of nitrogens with one attached hydrogen (secondary N) is 1. The van der Waals surface area contributed by atoms with Crippen molar-refractivity contribution < 1.29 is 9.53 Å². The van der Waals surface area contributed by atoms with E-state index in [1.165, 1.54) is 0 Å². The third-order valence-electron chi connectivity index (χ3n) is 2.03. The van der Waals surface area contributed by atoms with Crippen LogP contribution in [0, 0.1) is 0 Å². The van der Waals surface area contributed by atoms with Crippen molar-refractivity contribution >= 4 is 34.8 Å². The van der Waals surface area contributed by atoms with Gasteiger partial charge in [-0.2, -0.15) is 0 Å². The molecule has 0 saturated heterocycles. The summed E-state index contributed by atoms with van der Waals surface area (Å²) in [5.74, 6) is 0.308. The molecule has 1 N–H and O–H groups in total. The fraction of sp³-hybridized carbons (Fsp3) is 0.417. The summed E-state index contributed by atoms with van der Waals surface area (Å²) in [6.45, 7) is 2.62. The quantitative estimate of drug-likeness (QED) is 0.907. The van der Waals surface area contributed by atoms with Crippen molar-refractivity contribution in [1.29, 1.82) is 0 Å². The summed E-state index contributed by atoms with van der Waals surface area (Å²) in [5, 5.41) is 3.48. The summed E-state index contributed by atoms with van der Waals surface area (Å²) >= 11 is 12.1. The molecule has 0 bridgehead atoms. The van der Waals surface area contributed by atoms with Gasteiger partial charge in [-0.25, -0.2) is 0 Å². The number of amides is 1. The van der Waals surface area contributed by atoms with Gasteiger partial charge < -0.3 is 15.0 Å². The second kappa shape index (κ2) is 6.83. The lowest BCUT2D eigenvalue weighted by Crippen LogP contribution is -2.27. The molecule has 0 heterocycles. The number of hydrogen-bond donors (Lipinski definition) is 1. The molecule has 6 heteroatoms. The van der Waals surface area contributed by atoms with E-state index in [4.69, 9.17) is 27.9 Å². The van der Waals surface area contributed by atoms with Crippen molar-refractivity contribution in [3.8, 4) is 5.75 Å². The molecular formula is C12H16Cl2N2O2. The van der Waals surface area contributed by atoms with E-state index in [0.29, 0.717) is 34.6 Å². The highest BCUT2D eigenvalue weighted by Crippen LogP contribution is 2.35. The van der Waals surface area contributed by atoms with E-state index in [-0.39, 0.29) is 5.91 Å². The molecule has 0 aliphatic rings. The Balaban J connectivity index is 2.83. The summed E-state index contributed by atoms with van der Waals surface area (Å²) in [5.41, 5.74) is 0.556. The lowest BCUT2D eigenvalue weighted by Gasteiger charge is -2.13. The predicted octanol–water partition coefficient (Wildman–Crippen LogP) is 2.89. The predicted molar refractivity (Wildman–Crippen MR) is 74.8 cm³/mol. The van der Waals surface area contributed by atoms with E-state index in [9.17, 15) is 4.79 Å². The molecule has 0 aromatic heterocycles. The maximum Gasteiger partial charge on any atom is 0.238 e. The minimum atomic E-state index is -0.128. The number of anilines is 1. The minimum Gasteiger partial charge on any atom is -0.491 e. The van der Waals surface area contributed by atoms with Crippen LogP contribution in [-0.2, 0) is 4.79 Å². The van der Waals surface area contributed by atoms with Gasteiger partial charge in [0.2, 0.25) is 5.91 Å². The van der Waals surface area contributed by atoms with Gasteiger partial charge in [-0.15, -0.1) is 0 Å².